The molecule has 0 unspecified atom stereocenters. The maximum Gasteiger partial charge on any atom is 0.217 e. The summed E-state index contributed by atoms with van der Waals surface area (Å²) >= 11 is 0. The Balaban J connectivity index is 2.02. The monoisotopic (exact) mass is 273 g/mol. The van der Waals surface area contributed by atoms with Crippen molar-refractivity contribution in [1.82, 2.24) is 9.97 Å². The third kappa shape index (κ3) is 4.12. The summed E-state index contributed by atoms with van der Waals surface area (Å²) in [5.74, 6) is 1.43. The molecule has 0 aliphatic carbocycles. The van der Waals surface area contributed by atoms with Gasteiger partial charge < -0.3 is 15.5 Å². The number of hydrogen-bond donors (Lipinski definition) is 2. The number of ether oxygens (including phenoxy) is 1. The van der Waals surface area contributed by atoms with Crippen molar-refractivity contribution in [1.29, 1.82) is 0 Å². The van der Waals surface area contributed by atoms with E-state index in [0.717, 1.165) is 17.1 Å². The molecular formula is C15H19N3O2. The van der Waals surface area contributed by atoms with Crippen molar-refractivity contribution in [3.8, 4) is 5.75 Å². The number of aromatic nitrogens is 2. The number of amides is 1. The van der Waals surface area contributed by atoms with Crippen LogP contribution in [0, 0.1) is 6.92 Å². The van der Waals surface area contributed by atoms with Gasteiger partial charge in [-0.3, -0.25) is 4.79 Å². The molecule has 2 rings (SSSR count). The molecule has 5 nitrogen and oxygen atoms in total. The third-order valence-electron chi connectivity index (χ3n) is 2.95. The smallest absolute Gasteiger partial charge is 0.217 e. The van der Waals surface area contributed by atoms with E-state index in [9.17, 15) is 4.79 Å². The summed E-state index contributed by atoms with van der Waals surface area (Å²) in [6.45, 7) is 2.53. The second-order valence-electron chi connectivity index (χ2n) is 4.74. The average molecular weight is 273 g/mol. The molecule has 2 aromatic rings. The summed E-state index contributed by atoms with van der Waals surface area (Å²) in [5.41, 5.74) is 7.36. The van der Waals surface area contributed by atoms with Crippen LogP contribution >= 0.6 is 0 Å². The average Bonchev–Trinajstić information content (AvgIpc) is 2.89. The summed E-state index contributed by atoms with van der Waals surface area (Å²) in [6, 6.07) is 6.05. The molecule has 0 spiro atoms. The Bertz CT molecular complexity index is 565. The van der Waals surface area contributed by atoms with Gasteiger partial charge in [0.05, 0.1) is 6.61 Å². The number of carbonyl (C=O) groups is 1. The van der Waals surface area contributed by atoms with E-state index in [2.05, 4.69) is 16.0 Å². The van der Waals surface area contributed by atoms with Gasteiger partial charge in [0.1, 0.15) is 11.6 Å². The van der Waals surface area contributed by atoms with Gasteiger partial charge in [-0.25, -0.2) is 4.98 Å². The van der Waals surface area contributed by atoms with E-state index in [1.165, 1.54) is 5.56 Å². The number of nitrogens with two attached hydrogens (primary N) is 1. The number of H-pyrrole nitrogens is 1. The third-order valence-corrected chi connectivity index (χ3v) is 2.95. The first-order chi connectivity index (χ1) is 9.65. The molecule has 5 heteroatoms. The number of carbonyl (C=O) groups excluding carboxylic acids is 1. The topological polar surface area (TPSA) is 81.0 Å². The van der Waals surface area contributed by atoms with Gasteiger partial charge in [-0.2, -0.15) is 0 Å². The first-order valence-electron chi connectivity index (χ1n) is 6.64. The quantitative estimate of drug-likeness (QED) is 0.757. The van der Waals surface area contributed by atoms with E-state index in [0.29, 0.717) is 25.9 Å². The zero-order chi connectivity index (χ0) is 14.4. The highest BCUT2D eigenvalue weighted by atomic mass is 16.5. The predicted molar refractivity (Wildman–Crippen MR) is 76.5 cm³/mol. The normalized spacial score (nSPS) is 10.4. The molecule has 0 atom stereocenters. The first kappa shape index (κ1) is 14.1. The molecule has 3 N–H and O–H groups in total. The summed E-state index contributed by atoms with van der Waals surface area (Å²) in [4.78, 5) is 18.0. The largest absolute Gasteiger partial charge is 0.493 e. The molecule has 106 valence electrons. The Morgan fingerprint density at radius 1 is 1.45 bits per heavy atom. The Morgan fingerprint density at radius 3 is 3.00 bits per heavy atom. The molecule has 0 bridgehead atoms. The van der Waals surface area contributed by atoms with Crippen molar-refractivity contribution in [2.45, 2.75) is 26.2 Å². The number of nitrogens with one attached hydrogen (secondary N) is 1. The minimum absolute atomic E-state index is 0.298. The van der Waals surface area contributed by atoms with Gasteiger partial charge in [0.2, 0.25) is 5.91 Å². The second-order valence-corrected chi connectivity index (χ2v) is 4.74. The van der Waals surface area contributed by atoms with Crippen molar-refractivity contribution >= 4 is 5.91 Å². The molecule has 1 amide bonds. The van der Waals surface area contributed by atoms with Crippen LogP contribution in [0.25, 0.3) is 0 Å². The van der Waals surface area contributed by atoms with Gasteiger partial charge in [-0.05, 0) is 19.4 Å². The Labute approximate surface area is 118 Å². The zero-order valence-electron chi connectivity index (χ0n) is 11.6. The highest BCUT2D eigenvalue weighted by molar-refractivity contribution is 5.73. The lowest BCUT2D eigenvalue weighted by Crippen LogP contribution is -2.12. The maximum atomic E-state index is 10.7. The fourth-order valence-corrected chi connectivity index (χ4v) is 1.99. The highest BCUT2D eigenvalue weighted by Gasteiger charge is 2.07. The highest BCUT2D eigenvalue weighted by Crippen LogP contribution is 2.22. The Kier molecular flexibility index (Phi) is 4.76. The molecular weight excluding hydrogens is 254 g/mol. The van der Waals surface area contributed by atoms with Gasteiger partial charge in [0.25, 0.3) is 0 Å². The van der Waals surface area contributed by atoms with Crippen LogP contribution in [-0.2, 0) is 11.2 Å². The van der Waals surface area contributed by atoms with Gasteiger partial charge in [-0.15, -0.1) is 0 Å². The molecule has 1 heterocycles. The van der Waals surface area contributed by atoms with Crippen LogP contribution in [0.2, 0.25) is 0 Å². The molecule has 0 fully saturated rings. The number of imidazole rings is 1. The lowest BCUT2D eigenvalue weighted by Gasteiger charge is -2.11. The standard InChI is InChI=1S/C15H19N3O2/c1-11-4-5-13(20-8-2-3-14(16)19)12(9-11)10-15-17-6-7-18-15/h4-7,9H,2-3,8,10H2,1H3,(H2,16,19)(H,17,18). The molecule has 0 aliphatic heterocycles. The van der Waals surface area contributed by atoms with Crippen molar-refractivity contribution in [3.05, 3.63) is 47.5 Å². The molecule has 0 saturated heterocycles. The summed E-state index contributed by atoms with van der Waals surface area (Å²) < 4.78 is 5.74. The lowest BCUT2D eigenvalue weighted by atomic mass is 10.1. The van der Waals surface area contributed by atoms with E-state index >= 15 is 0 Å². The minimum Gasteiger partial charge on any atom is -0.493 e. The van der Waals surface area contributed by atoms with Crippen LogP contribution in [0.4, 0.5) is 0 Å². The summed E-state index contributed by atoms with van der Waals surface area (Å²) in [5, 5.41) is 0. The van der Waals surface area contributed by atoms with Crippen LogP contribution in [0.15, 0.2) is 30.6 Å². The summed E-state index contributed by atoms with van der Waals surface area (Å²) in [6.07, 6.45) is 5.21. The Morgan fingerprint density at radius 2 is 2.30 bits per heavy atom. The number of aryl methyl sites for hydroxylation is 1. The number of benzene rings is 1. The van der Waals surface area contributed by atoms with Crippen molar-refractivity contribution in [2.75, 3.05) is 6.61 Å². The Hall–Kier alpha value is -2.30. The van der Waals surface area contributed by atoms with Crippen LogP contribution in [-0.4, -0.2) is 22.5 Å². The molecule has 20 heavy (non-hydrogen) atoms. The van der Waals surface area contributed by atoms with Gasteiger partial charge in [0, 0.05) is 30.8 Å². The van der Waals surface area contributed by atoms with E-state index < -0.39 is 0 Å². The van der Waals surface area contributed by atoms with Gasteiger partial charge >= 0.3 is 0 Å². The van der Waals surface area contributed by atoms with Crippen LogP contribution in [0.5, 0.6) is 5.75 Å². The SMILES string of the molecule is Cc1ccc(OCCCC(N)=O)c(Cc2ncc[nH]2)c1. The number of nitrogens with zero attached hydrogens (tertiary/aromatic N) is 1. The maximum absolute atomic E-state index is 10.7. The summed E-state index contributed by atoms with van der Waals surface area (Å²) in [7, 11) is 0. The van der Waals surface area contributed by atoms with Gasteiger partial charge in [-0.1, -0.05) is 17.7 Å². The van der Waals surface area contributed by atoms with Crippen molar-refractivity contribution in [3.63, 3.8) is 0 Å². The zero-order valence-corrected chi connectivity index (χ0v) is 11.6. The van der Waals surface area contributed by atoms with E-state index in [-0.39, 0.29) is 5.91 Å². The van der Waals surface area contributed by atoms with Gasteiger partial charge in [0.15, 0.2) is 0 Å². The number of hydrogen-bond acceptors (Lipinski definition) is 3. The van der Waals surface area contributed by atoms with Crippen molar-refractivity contribution < 1.29 is 9.53 Å². The molecule has 0 aliphatic rings. The molecule has 1 aromatic heterocycles. The number of aromatic amines is 1. The number of primary amides is 1. The lowest BCUT2D eigenvalue weighted by molar-refractivity contribution is -0.118. The van der Waals surface area contributed by atoms with E-state index in [4.69, 9.17) is 10.5 Å². The van der Waals surface area contributed by atoms with Crippen molar-refractivity contribution in [2.24, 2.45) is 5.73 Å². The molecule has 0 saturated carbocycles. The fourth-order valence-electron chi connectivity index (χ4n) is 1.99. The van der Waals surface area contributed by atoms with Crippen LogP contribution in [0.1, 0.15) is 29.8 Å². The van der Waals surface area contributed by atoms with Crippen LogP contribution in [0.3, 0.4) is 0 Å². The van der Waals surface area contributed by atoms with Crippen LogP contribution < -0.4 is 10.5 Å². The molecule has 1 aromatic carbocycles. The second kappa shape index (κ2) is 6.75. The van der Waals surface area contributed by atoms with E-state index in [1.807, 2.05) is 19.1 Å². The van der Waals surface area contributed by atoms with E-state index in [1.54, 1.807) is 12.4 Å². The first-order valence-corrected chi connectivity index (χ1v) is 6.64. The predicted octanol–water partition coefficient (Wildman–Crippen LogP) is 1.95. The number of rotatable bonds is 7. The molecule has 0 radical (unpaired) electrons. The fraction of sp³-hybridized carbons (Fsp3) is 0.333. The minimum atomic E-state index is -0.298.